The number of methoxy groups -OCH3 is 1. The summed E-state index contributed by atoms with van der Waals surface area (Å²) in [7, 11) is 1.58. The molecule has 0 bridgehead atoms. The van der Waals surface area contributed by atoms with Gasteiger partial charge in [-0.15, -0.1) is 0 Å². The second-order valence-electron chi connectivity index (χ2n) is 5.34. The molecule has 0 aliphatic carbocycles. The molecule has 1 saturated heterocycles. The molecule has 2 unspecified atom stereocenters. The van der Waals surface area contributed by atoms with Crippen LogP contribution in [0.15, 0.2) is 0 Å². The van der Waals surface area contributed by atoms with E-state index in [4.69, 9.17) is 4.74 Å². The van der Waals surface area contributed by atoms with Crippen molar-refractivity contribution in [1.82, 2.24) is 16.0 Å². The molecule has 2 amide bonds. The molecule has 1 fully saturated rings. The fourth-order valence-electron chi connectivity index (χ4n) is 2.58. The molecule has 6 nitrogen and oxygen atoms in total. The lowest BCUT2D eigenvalue weighted by molar-refractivity contribution is -0.132. The number of rotatable bonds is 8. The van der Waals surface area contributed by atoms with Gasteiger partial charge in [0.25, 0.3) is 0 Å². The van der Waals surface area contributed by atoms with Gasteiger partial charge >= 0.3 is 0 Å². The third kappa shape index (κ3) is 4.45. The SMILES string of the molecule is CCCC1(C(=O)NC(C)C(=O)NCCOC)CCCN1. The molecule has 0 aromatic heterocycles. The van der Waals surface area contributed by atoms with Crippen molar-refractivity contribution < 1.29 is 14.3 Å². The Kier molecular flexibility index (Phi) is 6.95. The average Bonchev–Trinajstić information content (AvgIpc) is 2.89. The first-order valence-corrected chi connectivity index (χ1v) is 7.38. The lowest BCUT2D eigenvalue weighted by Gasteiger charge is -2.29. The van der Waals surface area contributed by atoms with Crippen LogP contribution >= 0.6 is 0 Å². The van der Waals surface area contributed by atoms with Crippen LogP contribution in [-0.4, -0.2) is 50.2 Å². The van der Waals surface area contributed by atoms with Crippen molar-refractivity contribution in [2.45, 2.75) is 51.1 Å². The first-order valence-electron chi connectivity index (χ1n) is 7.38. The maximum atomic E-state index is 12.4. The van der Waals surface area contributed by atoms with Crippen LogP contribution in [0, 0.1) is 0 Å². The standard InChI is InChI=1S/C14H27N3O3/c1-4-6-14(7-5-8-16-14)13(19)17-11(2)12(18)15-9-10-20-3/h11,16H,4-10H2,1-3H3,(H,15,18)(H,17,19). The predicted molar refractivity (Wildman–Crippen MR) is 77.4 cm³/mol. The van der Waals surface area contributed by atoms with Gasteiger partial charge in [-0.2, -0.15) is 0 Å². The molecule has 0 radical (unpaired) electrons. The molecular formula is C14H27N3O3. The average molecular weight is 285 g/mol. The molecule has 2 atom stereocenters. The van der Waals surface area contributed by atoms with Crippen molar-refractivity contribution in [3.05, 3.63) is 0 Å². The molecule has 0 aromatic carbocycles. The largest absolute Gasteiger partial charge is 0.383 e. The van der Waals surface area contributed by atoms with E-state index in [1.54, 1.807) is 14.0 Å². The quantitative estimate of drug-likeness (QED) is 0.556. The summed E-state index contributed by atoms with van der Waals surface area (Å²) in [6.07, 6.45) is 3.58. The van der Waals surface area contributed by atoms with Crippen LogP contribution in [0.5, 0.6) is 0 Å². The van der Waals surface area contributed by atoms with Gasteiger partial charge < -0.3 is 20.7 Å². The van der Waals surface area contributed by atoms with Gasteiger partial charge in [0.05, 0.1) is 12.1 Å². The molecule has 20 heavy (non-hydrogen) atoms. The van der Waals surface area contributed by atoms with E-state index in [1.165, 1.54) is 0 Å². The highest BCUT2D eigenvalue weighted by Crippen LogP contribution is 2.25. The van der Waals surface area contributed by atoms with Crippen molar-refractivity contribution in [3.8, 4) is 0 Å². The zero-order valence-electron chi connectivity index (χ0n) is 12.8. The smallest absolute Gasteiger partial charge is 0.242 e. The van der Waals surface area contributed by atoms with Crippen LogP contribution in [0.2, 0.25) is 0 Å². The zero-order valence-corrected chi connectivity index (χ0v) is 12.8. The van der Waals surface area contributed by atoms with E-state index in [1.807, 2.05) is 0 Å². The first kappa shape index (κ1) is 16.9. The third-order valence-electron chi connectivity index (χ3n) is 3.70. The van der Waals surface area contributed by atoms with Gasteiger partial charge in [-0.05, 0) is 32.7 Å². The molecule has 1 rings (SSSR count). The minimum absolute atomic E-state index is 0.0637. The number of hydrogen-bond acceptors (Lipinski definition) is 4. The second-order valence-corrected chi connectivity index (χ2v) is 5.34. The Hall–Kier alpha value is -1.14. The molecular weight excluding hydrogens is 258 g/mol. The lowest BCUT2D eigenvalue weighted by atomic mass is 9.90. The van der Waals surface area contributed by atoms with Gasteiger partial charge in [0, 0.05) is 13.7 Å². The Labute approximate surface area is 121 Å². The highest BCUT2D eigenvalue weighted by Gasteiger charge is 2.40. The van der Waals surface area contributed by atoms with Crippen LogP contribution in [0.1, 0.15) is 39.5 Å². The monoisotopic (exact) mass is 285 g/mol. The Morgan fingerprint density at radius 1 is 1.45 bits per heavy atom. The summed E-state index contributed by atoms with van der Waals surface area (Å²) in [5, 5.41) is 8.85. The minimum Gasteiger partial charge on any atom is -0.383 e. The van der Waals surface area contributed by atoms with E-state index in [0.717, 1.165) is 32.2 Å². The van der Waals surface area contributed by atoms with Crippen molar-refractivity contribution >= 4 is 11.8 Å². The van der Waals surface area contributed by atoms with E-state index < -0.39 is 11.6 Å². The first-order chi connectivity index (χ1) is 9.55. The maximum Gasteiger partial charge on any atom is 0.242 e. The van der Waals surface area contributed by atoms with Gasteiger partial charge in [-0.1, -0.05) is 13.3 Å². The van der Waals surface area contributed by atoms with Crippen molar-refractivity contribution in [2.75, 3.05) is 26.8 Å². The molecule has 0 spiro atoms. The zero-order chi connectivity index (χ0) is 15.0. The van der Waals surface area contributed by atoms with Crippen LogP contribution in [-0.2, 0) is 14.3 Å². The Morgan fingerprint density at radius 3 is 2.75 bits per heavy atom. The highest BCUT2D eigenvalue weighted by atomic mass is 16.5. The number of carbonyl (C=O) groups is 2. The van der Waals surface area contributed by atoms with Gasteiger partial charge in [0.15, 0.2) is 0 Å². The number of nitrogens with one attached hydrogen (secondary N) is 3. The fraction of sp³-hybridized carbons (Fsp3) is 0.857. The van der Waals surface area contributed by atoms with Gasteiger partial charge in [-0.3, -0.25) is 9.59 Å². The van der Waals surface area contributed by atoms with Gasteiger partial charge in [0.2, 0.25) is 11.8 Å². The van der Waals surface area contributed by atoms with Crippen LogP contribution < -0.4 is 16.0 Å². The van der Waals surface area contributed by atoms with Crippen molar-refractivity contribution in [3.63, 3.8) is 0 Å². The maximum absolute atomic E-state index is 12.4. The highest BCUT2D eigenvalue weighted by molar-refractivity contribution is 5.92. The summed E-state index contributed by atoms with van der Waals surface area (Å²) in [5.74, 6) is -0.244. The second kappa shape index (κ2) is 8.21. The molecule has 0 aromatic rings. The summed E-state index contributed by atoms with van der Waals surface area (Å²) in [5.41, 5.74) is -0.490. The summed E-state index contributed by atoms with van der Waals surface area (Å²) in [6.45, 7) is 5.55. The number of ether oxygens (including phenoxy) is 1. The summed E-state index contributed by atoms with van der Waals surface area (Å²) in [4.78, 5) is 24.3. The number of amides is 2. The van der Waals surface area contributed by atoms with E-state index >= 15 is 0 Å². The Bertz CT molecular complexity index is 328. The summed E-state index contributed by atoms with van der Waals surface area (Å²) in [6, 6.07) is -0.532. The van der Waals surface area contributed by atoms with Crippen LogP contribution in [0.3, 0.4) is 0 Å². The summed E-state index contributed by atoms with van der Waals surface area (Å²) >= 11 is 0. The van der Waals surface area contributed by atoms with Crippen molar-refractivity contribution in [2.24, 2.45) is 0 Å². The van der Waals surface area contributed by atoms with Crippen LogP contribution in [0.4, 0.5) is 0 Å². The molecule has 116 valence electrons. The molecule has 3 N–H and O–H groups in total. The lowest BCUT2D eigenvalue weighted by Crippen LogP contribution is -2.57. The predicted octanol–water partition coefficient (Wildman–Crippen LogP) is 0.176. The fourth-order valence-corrected chi connectivity index (χ4v) is 2.58. The Morgan fingerprint density at radius 2 is 2.20 bits per heavy atom. The molecule has 1 heterocycles. The molecule has 1 aliphatic heterocycles. The van der Waals surface area contributed by atoms with E-state index in [2.05, 4.69) is 22.9 Å². The Balaban J connectivity index is 2.48. The van der Waals surface area contributed by atoms with Crippen LogP contribution in [0.25, 0.3) is 0 Å². The third-order valence-corrected chi connectivity index (χ3v) is 3.70. The molecule has 1 aliphatic rings. The van der Waals surface area contributed by atoms with E-state index in [0.29, 0.717) is 13.2 Å². The van der Waals surface area contributed by atoms with Gasteiger partial charge in [0.1, 0.15) is 6.04 Å². The minimum atomic E-state index is -0.532. The molecule has 0 saturated carbocycles. The van der Waals surface area contributed by atoms with Crippen molar-refractivity contribution in [1.29, 1.82) is 0 Å². The van der Waals surface area contributed by atoms with Gasteiger partial charge in [-0.25, -0.2) is 0 Å². The topological polar surface area (TPSA) is 79.5 Å². The number of carbonyl (C=O) groups excluding carboxylic acids is 2. The van der Waals surface area contributed by atoms with E-state index in [9.17, 15) is 9.59 Å². The normalized spacial score (nSPS) is 23.4. The number of hydrogen-bond donors (Lipinski definition) is 3. The van der Waals surface area contributed by atoms with E-state index in [-0.39, 0.29) is 11.8 Å². The summed E-state index contributed by atoms with van der Waals surface area (Å²) < 4.78 is 4.87. The molecule has 6 heteroatoms.